The van der Waals surface area contributed by atoms with E-state index in [9.17, 15) is 4.79 Å². The Balaban J connectivity index is 1.10. The third kappa shape index (κ3) is 8.87. The van der Waals surface area contributed by atoms with E-state index in [1.54, 1.807) is 7.11 Å². The van der Waals surface area contributed by atoms with Gasteiger partial charge in [-0.25, -0.2) is 0 Å². The number of nitrogens with zero attached hydrogens (tertiary/aromatic N) is 1. The van der Waals surface area contributed by atoms with Gasteiger partial charge in [-0.3, -0.25) is 4.79 Å². The lowest BCUT2D eigenvalue weighted by Crippen LogP contribution is -2.55. The first-order chi connectivity index (χ1) is 21.3. The Kier molecular flexibility index (Phi) is 11.9. The van der Waals surface area contributed by atoms with Crippen LogP contribution < -0.4 is 20.3 Å². The third-order valence-electron chi connectivity index (χ3n) is 10.3. The molecule has 9 nitrogen and oxygen atoms in total. The minimum atomic E-state index is -0.405. The minimum absolute atomic E-state index is 0.157. The molecule has 1 aromatic rings. The highest BCUT2D eigenvalue weighted by atomic mass is 16.5. The van der Waals surface area contributed by atoms with Crippen LogP contribution in [0.15, 0.2) is 18.2 Å². The fourth-order valence-electron chi connectivity index (χ4n) is 7.41. The van der Waals surface area contributed by atoms with Crippen LogP contribution in [0.3, 0.4) is 0 Å². The summed E-state index contributed by atoms with van der Waals surface area (Å²) in [5.74, 6) is 2.14. The van der Waals surface area contributed by atoms with Crippen molar-refractivity contribution in [3.63, 3.8) is 0 Å². The van der Waals surface area contributed by atoms with E-state index in [0.717, 1.165) is 122 Å². The van der Waals surface area contributed by atoms with E-state index in [4.69, 9.17) is 23.7 Å². The molecule has 2 N–H and O–H groups in total. The van der Waals surface area contributed by atoms with E-state index >= 15 is 0 Å². The van der Waals surface area contributed by atoms with Crippen LogP contribution in [0.1, 0.15) is 77.7 Å². The van der Waals surface area contributed by atoms with Gasteiger partial charge >= 0.3 is 0 Å². The number of rotatable bonds is 13. The number of nitrogens with one attached hydrogen (secondary N) is 2. The van der Waals surface area contributed by atoms with Crippen LogP contribution in [0.4, 0.5) is 5.69 Å². The molecule has 0 saturated carbocycles. The number of ether oxygens (including phenoxy) is 5. The van der Waals surface area contributed by atoms with Crippen LogP contribution in [0.5, 0.6) is 5.75 Å². The number of methoxy groups -OCH3 is 1. The summed E-state index contributed by atoms with van der Waals surface area (Å²) >= 11 is 0. The zero-order valence-corrected chi connectivity index (χ0v) is 27.7. The van der Waals surface area contributed by atoms with Gasteiger partial charge < -0.3 is 39.2 Å². The summed E-state index contributed by atoms with van der Waals surface area (Å²) in [4.78, 5) is 15.5. The molecular formula is C35H57N3O6. The smallest absolute Gasteiger partial charge is 0.225 e. The Morgan fingerprint density at radius 2 is 1.84 bits per heavy atom. The van der Waals surface area contributed by atoms with E-state index in [-0.39, 0.29) is 17.6 Å². The van der Waals surface area contributed by atoms with Gasteiger partial charge in [-0.15, -0.1) is 0 Å². The number of carbonyl (C=O) groups excluding carboxylic acids is 1. The van der Waals surface area contributed by atoms with Gasteiger partial charge in [0.2, 0.25) is 5.91 Å². The van der Waals surface area contributed by atoms with Gasteiger partial charge in [0.05, 0.1) is 24.9 Å². The first-order valence-electron chi connectivity index (χ1n) is 17.1. The molecule has 3 fully saturated rings. The van der Waals surface area contributed by atoms with Crippen molar-refractivity contribution >= 4 is 11.6 Å². The summed E-state index contributed by atoms with van der Waals surface area (Å²) in [5.41, 5.74) is 1.69. The topological polar surface area (TPSA) is 90.5 Å². The monoisotopic (exact) mass is 615 g/mol. The molecule has 9 heteroatoms. The zero-order valence-electron chi connectivity index (χ0n) is 27.7. The zero-order chi connectivity index (χ0) is 31.0. The normalized spacial score (nSPS) is 27.0. The third-order valence-corrected chi connectivity index (χ3v) is 10.3. The van der Waals surface area contributed by atoms with Crippen LogP contribution in [-0.2, 0) is 30.3 Å². The van der Waals surface area contributed by atoms with Gasteiger partial charge in [-0.2, -0.15) is 0 Å². The van der Waals surface area contributed by atoms with Gasteiger partial charge in [0.25, 0.3) is 0 Å². The van der Waals surface area contributed by atoms with Gasteiger partial charge in [0.15, 0.2) is 0 Å². The standard InChI is InChI=1S/C35H57N3O6/c1-34(2,33(39)37-22-26-10-16-41-17-11-26)21-29-7-8-30(23-36-29)43-24-27-6-9-32-31(20-27)38(14-5-15-40-4)25-35(3,44-32)28-12-18-42-19-13-28/h6,9,20,26,28-30,36H,5,7-8,10-19,21-25H2,1-4H3,(H,37,39)/t29?,30-,35-/m1/s1. The van der Waals surface area contributed by atoms with Crippen LogP contribution in [0.25, 0.3) is 0 Å². The molecule has 1 amide bonds. The summed E-state index contributed by atoms with van der Waals surface area (Å²) in [6, 6.07) is 6.87. The van der Waals surface area contributed by atoms with Gasteiger partial charge in [-0.05, 0) is 81.9 Å². The molecule has 4 aliphatic heterocycles. The van der Waals surface area contributed by atoms with Crippen LogP contribution in [-0.4, -0.2) is 90.0 Å². The number of carbonyl (C=O) groups is 1. The Morgan fingerprint density at radius 1 is 1.09 bits per heavy atom. The number of benzene rings is 1. The summed E-state index contributed by atoms with van der Waals surface area (Å²) < 4.78 is 29.6. The van der Waals surface area contributed by atoms with E-state index < -0.39 is 5.41 Å². The van der Waals surface area contributed by atoms with Crippen molar-refractivity contribution in [2.24, 2.45) is 17.3 Å². The Morgan fingerprint density at radius 3 is 2.55 bits per heavy atom. The van der Waals surface area contributed by atoms with Crippen molar-refractivity contribution in [3.8, 4) is 5.75 Å². The molecule has 1 unspecified atom stereocenters. The lowest BCUT2D eigenvalue weighted by Gasteiger charge is -2.48. The van der Waals surface area contributed by atoms with Crippen molar-refractivity contribution in [2.75, 3.05) is 71.2 Å². The van der Waals surface area contributed by atoms with Gasteiger partial charge in [-0.1, -0.05) is 19.9 Å². The summed E-state index contributed by atoms with van der Waals surface area (Å²) in [7, 11) is 1.77. The van der Waals surface area contributed by atoms with Crippen LogP contribution in [0.2, 0.25) is 0 Å². The molecule has 0 radical (unpaired) electrons. The number of piperidine rings is 1. The maximum Gasteiger partial charge on any atom is 0.225 e. The van der Waals surface area contributed by atoms with Crippen molar-refractivity contribution < 1.29 is 28.5 Å². The molecule has 3 saturated heterocycles. The summed E-state index contributed by atoms with van der Waals surface area (Å²) in [6.07, 6.45) is 8.14. The van der Waals surface area contributed by atoms with Gasteiger partial charge in [0.1, 0.15) is 11.4 Å². The average molecular weight is 616 g/mol. The largest absolute Gasteiger partial charge is 0.483 e. The molecule has 1 aromatic carbocycles. The molecule has 248 valence electrons. The van der Waals surface area contributed by atoms with E-state index in [1.165, 1.54) is 5.56 Å². The van der Waals surface area contributed by atoms with Gasteiger partial charge in [0, 0.05) is 77.2 Å². The minimum Gasteiger partial charge on any atom is -0.483 e. The first kappa shape index (κ1) is 33.5. The number of anilines is 1. The predicted molar refractivity (Wildman–Crippen MR) is 172 cm³/mol. The lowest BCUT2D eigenvalue weighted by atomic mass is 9.81. The molecule has 5 rings (SSSR count). The molecular weight excluding hydrogens is 558 g/mol. The molecule has 0 bridgehead atoms. The predicted octanol–water partition coefficient (Wildman–Crippen LogP) is 4.70. The lowest BCUT2D eigenvalue weighted by molar-refractivity contribution is -0.130. The first-order valence-corrected chi connectivity index (χ1v) is 17.1. The molecule has 0 spiro atoms. The van der Waals surface area contributed by atoms with Crippen molar-refractivity contribution in [1.29, 1.82) is 0 Å². The summed E-state index contributed by atoms with van der Waals surface area (Å²) in [5, 5.41) is 6.90. The van der Waals surface area contributed by atoms with Crippen molar-refractivity contribution in [2.45, 2.75) is 96.5 Å². The Hall–Kier alpha value is -1.91. The highest BCUT2D eigenvalue weighted by Gasteiger charge is 2.43. The second-order valence-corrected chi connectivity index (χ2v) is 14.3. The quantitative estimate of drug-likeness (QED) is 0.309. The fraction of sp³-hybridized carbons (Fsp3) is 0.800. The fourth-order valence-corrected chi connectivity index (χ4v) is 7.41. The number of hydrogen-bond acceptors (Lipinski definition) is 8. The highest BCUT2D eigenvalue weighted by molar-refractivity contribution is 5.81. The average Bonchev–Trinajstić information content (AvgIpc) is 3.04. The summed E-state index contributed by atoms with van der Waals surface area (Å²) in [6.45, 7) is 14.4. The number of fused-ring (bicyclic) bond motifs is 1. The molecule has 3 atom stereocenters. The van der Waals surface area contributed by atoms with Crippen molar-refractivity contribution in [3.05, 3.63) is 23.8 Å². The second-order valence-electron chi connectivity index (χ2n) is 14.3. The molecule has 44 heavy (non-hydrogen) atoms. The van der Waals surface area contributed by atoms with Crippen molar-refractivity contribution in [1.82, 2.24) is 10.6 Å². The Bertz CT molecular complexity index is 1050. The second kappa shape index (κ2) is 15.6. The SMILES string of the molecule is COCCCN1C[C@](C)(C2CCOCC2)Oc2ccc(CO[C@@H]3CCC(CC(C)(C)C(=O)NCC4CCOCC4)NC3)cc21. The van der Waals surface area contributed by atoms with E-state index in [1.807, 2.05) is 0 Å². The molecule has 4 aliphatic rings. The highest BCUT2D eigenvalue weighted by Crippen LogP contribution is 2.43. The Labute approximate surface area is 265 Å². The van der Waals surface area contributed by atoms with E-state index in [2.05, 4.69) is 54.5 Å². The molecule has 0 aromatic heterocycles. The molecule has 4 heterocycles. The maximum absolute atomic E-state index is 13.0. The van der Waals surface area contributed by atoms with E-state index in [0.29, 0.717) is 24.5 Å². The molecule has 0 aliphatic carbocycles. The maximum atomic E-state index is 13.0. The van der Waals surface area contributed by atoms with Crippen LogP contribution in [0, 0.1) is 17.3 Å². The number of hydrogen-bond donors (Lipinski definition) is 2. The van der Waals surface area contributed by atoms with Crippen LogP contribution >= 0.6 is 0 Å². The number of amides is 1.